The van der Waals surface area contributed by atoms with Gasteiger partial charge in [-0.2, -0.15) is 0 Å². The van der Waals surface area contributed by atoms with Crippen molar-refractivity contribution < 1.29 is 0 Å². The number of hydrogen-bond donors (Lipinski definition) is 1. The van der Waals surface area contributed by atoms with Crippen LogP contribution in [0.1, 0.15) is 55.5 Å². The predicted molar refractivity (Wildman–Crippen MR) is 153 cm³/mol. The molecule has 1 N–H and O–H groups in total. The summed E-state index contributed by atoms with van der Waals surface area (Å²) >= 11 is 0. The zero-order valence-electron chi connectivity index (χ0n) is 21.4. The highest BCUT2D eigenvalue weighted by molar-refractivity contribution is 5.94. The molecule has 0 heterocycles. The van der Waals surface area contributed by atoms with Crippen molar-refractivity contribution >= 4 is 16.5 Å². The Hall–Kier alpha value is -3.84. The number of fused-ring (bicyclic) bond motifs is 7. The van der Waals surface area contributed by atoms with Gasteiger partial charge in [-0.25, -0.2) is 0 Å². The van der Waals surface area contributed by atoms with E-state index in [9.17, 15) is 0 Å². The van der Waals surface area contributed by atoms with E-state index in [0.717, 1.165) is 6.54 Å². The maximum Gasteiger partial charge on any atom is 0.0401 e. The lowest BCUT2D eigenvalue weighted by Gasteiger charge is -2.22. The van der Waals surface area contributed by atoms with Gasteiger partial charge in [0.05, 0.1) is 0 Å². The fourth-order valence-corrected chi connectivity index (χ4v) is 6.63. The molecule has 1 nitrogen and oxygen atoms in total. The van der Waals surface area contributed by atoms with Crippen LogP contribution in [0.25, 0.3) is 33.0 Å². The van der Waals surface area contributed by atoms with Gasteiger partial charge in [0, 0.05) is 23.1 Å². The van der Waals surface area contributed by atoms with Gasteiger partial charge >= 0.3 is 0 Å². The first-order valence-electron chi connectivity index (χ1n) is 13.0. The molecule has 0 fully saturated rings. The third-order valence-corrected chi connectivity index (χ3v) is 8.69. The van der Waals surface area contributed by atoms with E-state index in [4.69, 9.17) is 0 Å². The largest absolute Gasteiger partial charge is 0.381 e. The van der Waals surface area contributed by atoms with Crippen molar-refractivity contribution in [2.75, 3.05) is 5.32 Å². The van der Waals surface area contributed by atoms with Crippen molar-refractivity contribution in [1.82, 2.24) is 0 Å². The molecule has 2 aliphatic rings. The van der Waals surface area contributed by atoms with Gasteiger partial charge in [-0.05, 0) is 91.2 Å². The molecule has 0 radical (unpaired) electrons. The lowest BCUT2D eigenvalue weighted by molar-refractivity contribution is 0.660. The van der Waals surface area contributed by atoms with Crippen molar-refractivity contribution in [2.24, 2.45) is 0 Å². The fourth-order valence-electron chi connectivity index (χ4n) is 6.63. The average Bonchev–Trinajstić information content (AvgIpc) is 3.25. The molecule has 0 aromatic heterocycles. The molecule has 5 aromatic carbocycles. The highest BCUT2D eigenvalue weighted by Crippen LogP contribution is 2.51. The van der Waals surface area contributed by atoms with Crippen LogP contribution >= 0.6 is 0 Å². The van der Waals surface area contributed by atoms with Crippen LogP contribution in [0.4, 0.5) is 5.69 Å². The highest BCUT2D eigenvalue weighted by Gasteiger charge is 2.36. The molecule has 0 amide bonds. The lowest BCUT2D eigenvalue weighted by Crippen LogP contribution is -2.15. The zero-order valence-corrected chi connectivity index (χ0v) is 21.4. The second kappa shape index (κ2) is 7.34. The monoisotopic (exact) mass is 465 g/mol. The minimum absolute atomic E-state index is 0.00735. The lowest BCUT2D eigenvalue weighted by atomic mass is 9.82. The highest BCUT2D eigenvalue weighted by atomic mass is 14.9. The Morgan fingerprint density at radius 1 is 0.500 bits per heavy atom. The van der Waals surface area contributed by atoms with E-state index in [1.807, 2.05) is 0 Å². The summed E-state index contributed by atoms with van der Waals surface area (Å²) < 4.78 is 0. The minimum atomic E-state index is 0.00735. The smallest absolute Gasteiger partial charge is 0.0401 e. The van der Waals surface area contributed by atoms with Crippen LogP contribution in [-0.4, -0.2) is 0 Å². The van der Waals surface area contributed by atoms with Gasteiger partial charge in [-0.3, -0.25) is 0 Å². The summed E-state index contributed by atoms with van der Waals surface area (Å²) in [7, 11) is 0. The summed E-state index contributed by atoms with van der Waals surface area (Å²) in [4.78, 5) is 0. The molecule has 1 heteroatoms. The topological polar surface area (TPSA) is 12.0 Å². The molecule has 0 atom stereocenters. The van der Waals surface area contributed by atoms with Crippen molar-refractivity contribution in [2.45, 2.75) is 45.1 Å². The number of nitrogens with one attached hydrogen (secondary N) is 1. The molecule has 2 aliphatic carbocycles. The van der Waals surface area contributed by atoms with Crippen LogP contribution in [0, 0.1) is 0 Å². The summed E-state index contributed by atoms with van der Waals surface area (Å²) in [5.74, 6) is 0. The number of anilines is 1. The number of rotatable bonds is 3. The Labute approximate surface area is 213 Å². The predicted octanol–water partition coefficient (Wildman–Crippen LogP) is 9.06. The van der Waals surface area contributed by atoms with E-state index in [0.29, 0.717) is 0 Å². The van der Waals surface area contributed by atoms with Crippen LogP contribution in [0.2, 0.25) is 0 Å². The van der Waals surface area contributed by atoms with E-state index >= 15 is 0 Å². The molecule has 176 valence electrons. The van der Waals surface area contributed by atoms with Crippen molar-refractivity contribution in [3.63, 3.8) is 0 Å². The first-order chi connectivity index (χ1) is 17.3. The Morgan fingerprint density at radius 2 is 1.08 bits per heavy atom. The summed E-state index contributed by atoms with van der Waals surface area (Å²) in [6, 6.07) is 36.2. The quantitative estimate of drug-likeness (QED) is 0.280. The first-order valence-corrected chi connectivity index (χ1v) is 13.0. The average molecular weight is 466 g/mol. The number of hydrogen-bond acceptors (Lipinski definition) is 1. The summed E-state index contributed by atoms with van der Waals surface area (Å²) in [6.45, 7) is 10.2. The van der Waals surface area contributed by atoms with Crippen LogP contribution < -0.4 is 5.32 Å². The third-order valence-electron chi connectivity index (χ3n) is 8.69. The van der Waals surface area contributed by atoms with Crippen LogP contribution in [0.15, 0.2) is 97.1 Å². The first kappa shape index (κ1) is 21.4. The van der Waals surface area contributed by atoms with Crippen LogP contribution in [0.5, 0.6) is 0 Å². The van der Waals surface area contributed by atoms with Gasteiger partial charge in [-0.1, -0.05) is 94.4 Å². The Bertz CT molecular complexity index is 1690. The number of benzene rings is 5. The minimum Gasteiger partial charge on any atom is -0.381 e. The molecule has 5 aromatic rings. The summed E-state index contributed by atoms with van der Waals surface area (Å²) in [5, 5.41) is 6.34. The van der Waals surface area contributed by atoms with E-state index < -0.39 is 0 Å². The van der Waals surface area contributed by atoms with E-state index in [2.05, 4.69) is 130 Å². The Morgan fingerprint density at radius 3 is 1.89 bits per heavy atom. The van der Waals surface area contributed by atoms with E-state index in [1.165, 1.54) is 66.5 Å². The van der Waals surface area contributed by atoms with Crippen molar-refractivity contribution in [1.29, 1.82) is 0 Å². The summed E-state index contributed by atoms with van der Waals surface area (Å²) in [5.41, 5.74) is 13.7. The fraction of sp³-hybridized carbons (Fsp3) is 0.200. The maximum absolute atomic E-state index is 3.72. The Kier molecular flexibility index (Phi) is 4.37. The van der Waals surface area contributed by atoms with Crippen LogP contribution in [0.3, 0.4) is 0 Å². The van der Waals surface area contributed by atoms with Gasteiger partial charge < -0.3 is 5.32 Å². The molecule has 0 bridgehead atoms. The van der Waals surface area contributed by atoms with Gasteiger partial charge in [-0.15, -0.1) is 0 Å². The second-order valence-electron chi connectivity index (χ2n) is 11.5. The Balaban J connectivity index is 1.22. The molecule has 0 aliphatic heterocycles. The molecular formula is C35H31N. The van der Waals surface area contributed by atoms with Crippen molar-refractivity contribution in [3.8, 4) is 22.3 Å². The van der Waals surface area contributed by atoms with Gasteiger partial charge in [0.25, 0.3) is 0 Å². The van der Waals surface area contributed by atoms with Crippen LogP contribution in [-0.2, 0) is 17.4 Å². The van der Waals surface area contributed by atoms with Crippen molar-refractivity contribution in [3.05, 3.63) is 125 Å². The SMILES string of the molecule is CC1(C)c2ccccc2-c2cc(CNc3ccc4c(c3)-c3cc5ccccc5cc3C4(C)C)ccc21. The molecule has 0 saturated heterocycles. The molecule has 36 heavy (non-hydrogen) atoms. The van der Waals surface area contributed by atoms with Gasteiger partial charge in [0.2, 0.25) is 0 Å². The zero-order chi connectivity index (χ0) is 24.7. The van der Waals surface area contributed by atoms with E-state index in [1.54, 1.807) is 0 Å². The molecule has 0 unspecified atom stereocenters. The van der Waals surface area contributed by atoms with E-state index in [-0.39, 0.29) is 10.8 Å². The maximum atomic E-state index is 3.72. The normalized spacial score (nSPS) is 15.8. The molecule has 0 saturated carbocycles. The standard InChI is InChI=1S/C35H31N/c1-34(2)30-12-8-7-11-26(30)27-17-22(13-15-31(27)34)21-36-25-14-16-32-29(20-25)28-18-23-9-5-6-10-24(23)19-33(28)35(32,3)4/h5-20,36H,21H2,1-4H3. The molecule has 0 spiro atoms. The molecule has 7 rings (SSSR count). The van der Waals surface area contributed by atoms with Gasteiger partial charge in [0.1, 0.15) is 0 Å². The third kappa shape index (κ3) is 2.95. The van der Waals surface area contributed by atoms with Gasteiger partial charge in [0.15, 0.2) is 0 Å². The second-order valence-corrected chi connectivity index (χ2v) is 11.5. The summed E-state index contributed by atoms with van der Waals surface area (Å²) in [6.07, 6.45) is 0. The molecular weight excluding hydrogens is 434 g/mol.